The van der Waals surface area contributed by atoms with Crippen LogP contribution in [0.15, 0.2) is 29.2 Å². The minimum absolute atomic E-state index is 0.432. The first-order valence-electron chi connectivity index (χ1n) is 4.42. The Morgan fingerprint density at radius 1 is 1.44 bits per heavy atom. The van der Waals surface area contributed by atoms with Crippen molar-refractivity contribution >= 4 is 34.3 Å². The molecule has 0 aromatic heterocycles. The molecule has 1 aromatic carbocycles. The number of thioether (sulfide) groups is 1. The molecule has 1 aromatic rings. The number of hydrogen-bond acceptors (Lipinski definition) is 4. The number of hydrogen-bond donors (Lipinski definition) is 0. The number of carbonyl (C=O) groups excluding carboxylic acids is 2. The monoisotopic (exact) mass is 253 g/mol. The minimum atomic E-state index is -1.22. The van der Waals surface area contributed by atoms with E-state index in [1.807, 2.05) is 0 Å². The third-order valence-corrected chi connectivity index (χ3v) is 3.27. The summed E-state index contributed by atoms with van der Waals surface area (Å²) in [5.74, 6) is -1.67. The van der Waals surface area contributed by atoms with Crippen LogP contribution in [-0.2, 0) is 9.59 Å². The maximum Gasteiger partial charge on any atom is 0.218 e. The number of ketones is 1. The van der Waals surface area contributed by atoms with Crippen LogP contribution >= 0.6 is 23.4 Å². The van der Waals surface area contributed by atoms with Gasteiger partial charge in [-0.25, -0.2) is 0 Å². The first kappa shape index (κ1) is 12.8. The van der Waals surface area contributed by atoms with E-state index in [1.54, 1.807) is 30.3 Å². The zero-order valence-electron chi connectivity index (χ0n) is 8.44. The molecule has 0 bridgehead atoms. The van der Waals surface area contributed by atoms with Gasteiger partial charge in [0.25, 0.3) is 0 Å². The second-order valence-corrected chi connectivity index (χ2v) is 4.48. The Morgan fingerprint density at radius 2 is 2.06 bits per heavy atom. The largest absolute Gasteiger partial charge is 0.298 e. The number of carbonyl (C=O) groups is 2. The Labute approximate surface area is 102 Å². The lowest BCUT2D eigenvalue weighted by Gasteiger charge is -2.04. The number of nitrogens with zero attached hydrogens (tertiary/aromatic N) is 1. The van der Waals surface area contributed by atoms with Gasteiger partial charge in [-0.3, -0.25) is 9.59 Å². The maximum atomic E-state index is 11.6. The molecule has 0 heterocycles. The Kier molecular flexibility index (Phi) is 4.53. The second-order valence-electron chi connectivity index (χ2n) is 3.02. The van der Waals surface area contributed by atoms with Gasteiger partial charge in [0.15, 0.2) is 11.7 Å². The minimum Gasteiger partial charge on any atom is -0.298 e. The molecule has 0 amide bonds. The topological polar surface area (TPSA) is 57.9 Å². The van der Waals surface area contributed by atoms with Crippen molar-refractivity contribution in [2.75, 3.05) is 0 Å². The summed E-state index contributed by atoms with van der Waals surface area (Å²) in [7, 11) is 0. The normalized spacial score (nSPS) is 11.6. The van der Waals surface area contributed by atoms with E-state index in [0.717, 1.165) is 11.8 Å². The molecule has 0 radical (unpaired) electrons. The molecule has 1 rings (SSSR count). The average Bonchev–Trinajstić information content (AvgIpc) is 2.22. The lowest BCUT2D eigenvalue weighted by Crippen LogP contribution is -2.17. The van der Waals surface area contributed by atoms with Crippen LogP contribution in [0.2, 0.25) is 5.02 Å². The van der Waals surface area contributed by atoms with Gasteiger partial charge in [0, 0.05) is 4.90 Å². The van der Waals surface area contributed by atoms with E-state index < -0.39 is 16.8 Å². The molecule has 1 atom stereocenters. The Balaban J connectivity index is 2.84. The first-order valence-corrected chi connectivity index (χ1v) is 5.62. The molecule has 82 valence electrons. The summed E-state index contributed by atoms with van der Waals surface area (Å²) in [6.07, 6.45) is 0. The molecule has 3 nitrogen and oxygen atoms in total. The van der Waals surface area contributed by atoms with E-state index in [-0.39, 0.29) is 0 Å². The van der Waals surface area contributed by atoms with Crippen molar-refractivity contribution in [1.82, 2.24) is 0 Å². The van der Waals surface area contributed by atoms with E-state index in [0.29, 0.717) is 9.92 Å². The summed E-state index contributed by atoms with van der Waals surface area (Å²) in [6.45, 7) is 1.22. The van der Waals surface area contributed by atoms with E-state index >= 15 is 0 Å². The highest BCUT2D eigenvalue weighted by Crippen LogP contribution is 2.29. The summed E-state index contributed by atoms with van der Waals surface area (Å²) in [4.78, 5) is 23.2. The van der Waals surface area contributed by atoms with Crippen molar-refractivity contribution in [2.24, 2.45) is 5.92 Å². The van der Waals surface area contributed by atoms with Gasteiger partial charge in [0.05, 0.1) is 11.1 Å². The van der Waals surface area contributed by atoms with Crippen molar-refractivity contribution in [3.05, 3.63) is 29.3 Å². The fourth-order valence-corrected chi connectivity index (χ4v) is 2.12. The molecule has 1 unspecified atom stereocenters. The van der Waals surface area contributed by atoms with Crippen LogP contribution in [0.4, 0.5) is 0 Å². The van der Waals surface area contributed by atoms with Gasteiger partial charge in [-0.1, -0.05) is 23.7 Å². The zero-order chi connectivity index (χ0) is 12.1. The average molecular weight is 254 g/mol. The van der Waals surface area contributed by atoms with Gasteiger partial charge in [0.1, 0.15) is 0 Å². The molecular weight excluding hydrogens is 246 g/mol. The van der Waals surface area contributed by atoms with Crippen LogP contribution in [0.1, 0.15) is 6.92 Å². The predicted molar refractivity (Wildman–Crippen MR) is 62.1 cm³/mol. The van der Waals surface area contributed by atoms with Crippen LogP contribution in [0, 0.1) is 17.2 Å². The molecule has 0 saturated heterocycles. The standard InChI is InChI=1S/C11H8ClNO2S/c1-7(14)8(6-13)11(15)16-10-5-3-2-4-9(10)12/h2-5,8H,1H3. The summed E-state index contributed by atoms with van der Waals surface area (Å²) >= 11 is 6.67. The summed E-state index contributed by atoms with van der Waals surface area (Å²) in [5, 5.41) is 8.61. The predicted octanol–water partition coefficient (Wildman–Crippen LogP) is 2.69. The van der Waals surface area contributed by atoms with Crippen LogP contribution in [0.5, 0.6) is 0 Å². The number of nitriles is 1. The lowest BCUT2D eigenvalue weighted by molar-refractivity contribution is -0.124. The van der Waals surface area contributed by atoms with E-state index in [1.165, 1.54) is 6.92 Å². The van der Waals surface area contributed by atoms with Crippen LogP contribution in [-0.4, -0.2) is 10.9 Å². The Bertz CT molecular complexity index is 467. The molecular formula is C11H8ClNO2S. The first-order chi connectivity index (χ1) is 7.56. The quantitative estimate of drug-likeness (QED) is 0.614. The second kappa shape index (κ2) is 5.69. The maximum absolute atomic E-state index is 11.6. The van der Waals surface area contributed by atoms with Crippen LogP contribution in [0.3, 0.4) is 0 Å². The Hall–Kier alpha value is -1.31. The number of Topliss-reactive ketones (excluding diaryl/α,β-unsaturated/α-hetero) is 1. The lowest BCUT2D eigenvalue weighted by atomic mass is 10.1. The number of halogens is 1. The smallest absolute Gasteiger partial charge is 0.218 e. The molecule has 0 fully saturated rings. The molecule has 0 aliphatic heterocycles. The van der Waals surface area contributed by atoms with Crippen LogP contribution < -0.4 is 0 Å². The number of benzene rings is 1. The van der Waals surface area contributed by atoms with Gasteiger partial charge in [0.2, 0.25) is 5.12 Å². The molecule has 5 heteroatoms. The van der Waals surface area contributed by atoms with Gasteiger partial charge in [-0.15, -0.1) is 0 Å². The SMILES string of the molecule is CC(=O)C(C#N)C(=O)Sc1ccccc1Cl. The molecule has 16 heavy (non-hydrogen) atoms. The van der Waals surface area contributed by atoms with Gasteiger partial charge >= 0.3 is 0 Å². The van der Waals surface area contributed by atoms with Crippen molar-refractivity contribution < 1.29 is 9.59 Å². The highest BCUT2D eigenvalue weighted by Gasteiger charge is 2.24. The molecule has 0 saturated carbocycles. The molecule has 0 aliphatic rings. The summed E-state index contributed by atoms with van der Waals surface area (Å²) in [6, 6.07) is 8.46. The van der Waals surface area contributed by atoms with E-state index in [4.69, 9.17) is 16.9 Å². The van der Waals surface area contributed by atoms with Crippen LogP contribution in [0.25, 0.3) is 0 Å². The number of rotatable bonds is 3. The Morgan fingerprint density at radius 3 is 2.56 bits per heavy atom. The van der Waals surface area contributed by atoms with Crippen molar-refractivity contribution in [1.29, 1.82) is 5.26 Å². The van der Waals surface area contributed by atoms with E-state index in [9.17, 15) is 9.59 Å². The highest BCUT2D eigenvalue weighted by atomic mass is 35.5. The fraction of sp³-hybridized carbons (Fsp3) is 0.182. The summed E-state index contributed by atoms with van der Waals surface area (Å²) in [5.41, 5.74) is 0. The summed E-state index contributed by atoms with van der Waals surface area (Å²) < 4.78 is 0. The third kappa shape index (κ3) is 3.09. The van der Waals surface area contributed by atoms with Gasteiger partial charge < -0.3 is 0 Å². The van der Waals surface area contributed by atoms with Gasteiger partial charge in [-0.05, 0) is 30.8 Å². The zero-order valence-corrected chi connectivity index (χ0v) is 10.0. The van der Waals surface area contributed by atoms with Crippen molar-refractivity contribution in [3.8, 4) is 6.07 Å². The highest BCUT2D eigenvalue weighted by molar-refractivity contribution is 8.13. The molecule has 0 N–H and O–H groups in total. The fourth-order valence-electron chi connectivity index (χ4n) is 1.00. The van der Waals surface area contributed by atoms with Gasteiger partial charge in [-0.2, -0.15) is 5.26 Å². The molecule has 0 spiro atoms. The van der Waals surface area contributed by atoms with E-state index in [2.05, 4.69) is 0 Å². The third-order valence-electron chi connectivity index (χ3n) is 1.82. The molecule has 0 aliphatic carbocycles. The van der Waals surface area contributed by atoms with Crippen molar-refractivity contribution in [3.63, 3.8) is 0 Å². The van der Waals surface area contributed by atoms with Crippen molar-refractivity contribution in [2.45, 2.75) is 11.8 Å².